The molecule has 18 heavy (non-hydrogen) atoms. The van der Waals surface area contributed by atoms with E-state index in [2.05, 4.69) is 49.9 Å². The highest BCUT2D eigenvalue weighted by Gasteiger charge is 2.34. The van der Waals surface area contributed by atoms with Gasteiger partial charge in [-0.2, -0.15) is 11.8 Å². The number of rotatable bonds is 3. The molecule has 2 nitrogen and oxygen atoms in total. The van der Waals surface area contributed by atoms with Crippen LogP contribution in [0, 0.1) is 5.41 Å². The van der Waals surface area contributed by atoms with Crippen molar-refractivity contribution in [3.63, 3.8) is 0 Å². The van der Waals surface area contributed by atoms with Crippen molar-refractivity contribution in [3.8, 4) is 0 Å². The molecule has 0 aromatic rings. The maximum absolute atomic E-state index is 3.43. The van der Waals surface area contributed by atoms with Gasteiger partial charge in [-0.1, -0.05) is 13.8 Å². The van der Waals surface area contributed by atoms with Gasteiger partial charge < -0.3 is 5.32 Å². The number of hydrogen-bond donors (Lipinski definition) is 1. The largest absolute Gasteiger partial charge is 0.317 e. The SMILES string of the molecule is CNC1CCC(N(C)C2CSCC(C)(C)C2)CC1. The zero-order valence-electron chi connectivity index (χ0n) is 12.5. The fraction of sp³-hybridized carbons (Fsp3) is 1.00. The van der Waals surface area contributed by atoms with Crippen molar-refractivity contribution in [2.24, 2.45) is 5.41 Å². The minimum atomic E-state index is 0.532. The van der Waals surface area contributed by atoms with Gasteiger partial charge in [-0.3, -0.25) is 4.90 Å². The molecule has 2 rings (SSSR count). The lowest BCUT2D eigenvalue weighted by Crippen LogP contribution is -2.48. The summed E-state index contributed by atoms with van der Waals surface area (Å²) >= 11 is 2.15. The second kappa shape index (κ2) is 6.15. The molecule has 0 spiro atoms. The first-order valence-corrected chi connectivity index (χ1v) is 8.64. The molecule has 1 heterocycles. The number of thioether (sulfide) groups is 1. The summed E-state index contributed by atoms with van der Waals surface area (Å²) in [6, 6.07) is 2.40. The van der Waals surface area contributed by atoms with E-state index in [4.69, 9.17) is 0 Å². The van der Waals surface area contributed by atoms with Gasteiger partial charge in [0.15, 0.2) is 0 Å². The van der Waals surface area contributed by atoms with Gasteiger partial charge in [0, 0.05) is 23.9 Å². The predicted molar refractivity (Wildman–Crippen MR) is 82.4 cm³/mol. The zero-order chi connectivity index (χ0) is 13.2. The molecule has 1 saturated carbocycles. The minimum Gasteiger partial charge on any atom is -0.317 e. The Balaban J connectivity index is 1.85. The Bertz CT molecular complexity index is 259. The van der Waals surface area contributed by atoms with Crippen molar-refractivity contribution in [2.75, 3.05) is 25.6 Å². The van der Waals surface area contributed by atoms with Gasteiger partial charge >= 0.3 is 0 Å². The number of hydrogen-bond acceptors (Lipinski definition) is 3. The zero-order valence-corrected chi connectivity index (χ0v) is 13.4. The van der Waals surface area contributed by atoms with Gasteiger partial charge in [-0.25, -0.2) is 0 Å². The van der Waals surface area contributed by atoms with Gasteiger partial charge in [0.2, 0.25) is 0 Å². The molecule has 1 N–H and O–H groups in total. The summed E-state index contributed by atoms with van der Waals surface area (Å²) in [4.78, 5) is 2.71. The van der Waals surface area contributed by atoms with E-state index >= 15 is 0 Å². The van der Waals surface area contributed by atoms with Crippen molar-refractivity contribution in [1.82, 2.24) is 10.2 Å². The van der Waals surface area contributed by atoms with Crippen LogP contribution in [0.25, 0.3) is 0 Å². The van der Waals surface area contributed by atoms with Gasteiger partial charge in [-0.15, -0.1) is 0 Å². The fourth-order valence-electron chi connectivity index (χ4n) is 3.56. The third-order valence-corrected chi connectivity index (χ3v) is 6.45. The van der Waals surface area contributed by atoms with E-state index in [-0.39, 0.29) is 0 Å². The first-order valence-electron chi connectivity index (χ1n) is 7.49. The second-order valence-electron chi connectivity index (χ2n) is 7.00. The molecule has 1 saturated heterocycles. The summed E-state index contributed by atoms with van der Waals surface area (Å²) in [5, 5.41) is 3.43. The van der Waals surface area contributed by atoms with Gasteiger partial charge in [0.05, 0.1) is 0 Å². The molecule has 2 fully saturated rings. The number of nitrogens with one attached hydrogen (secondary N) is 1. The van der Waals surface area contributed by atoms with Crippen LogP contribution in [0.3, 0.4) is 0 Å². The molecule has 3 heteroatoms. The summed E-state index contributed by atoms with van der Waals surface area (Å²) in [5.74, 6) is 2.68. The molecule has 0 aromatic carbocycles. The lowest BCUT2D eigenvalue weighted by atomic mass is 9.85. The summed E-state index contributed by atoms with van der Waals surface area (Å²) in [7, 11) is 4.48. The Hall–Kier alpha value is 0.270. The Labute approximate surface area is 117 Å². The molecule has 106 valence electrons. The highest BCUT2D eigenvalue weighted by Crippen LogP contribution is 2.37. The van der Waals surface area contributed by atoms with Crippen LogP contribution >= 0.6 is 11.8 Å². The lowest BCUT2D eigenvalue weighted by molar-refractivity contribution is 0.109. The summed E-state index contributed by atoms with van der Waals surface area (Å²) < 4.78 is 0. The van der Waals surface area contributed by atoms with Crippen molar-refractivity contribution < 1.29 is 0 Å². The Morgan fingerprint density at radius 2 is 1.78 bits per heavy atom. The highest BCUT2D eigenvalue weighted by atomic mass is 32.2. The number of nitrogens with zero attached hydrogens (tertiary/aromatic N) is 1. The Kier molecular flexibility index (Phi) is 5.01. The summed E-state index contributed by atoms with van der Waals surface area (Å²) in [5.41, 5.74) is 0.532. The third kappa shape index (κ3) is 3.64. The van der Waals surface area contributed by atoms with Crippen LogP contribution < -0.4 is 5.32 Å². The molecule has 0 aromatic heterocycles. The van der Waals surface area contributed by atoms with Crippen molar-refractivity contribution >= 4 is 11.8 Å². The predicted octanol–water partition coefficient (Wildman–Crippen LogP) is 2.98. The normalized spacial score (nSPS) is 36.8. The Morgan fingerprint density at radius 3 is 2.33 bits per heavy atom. The molecule has 1 atom stereocenters. The van der Waals surface area contributed by atoms with Crippen molar-refractivity contribution in [2.45, 2.75) is 64.1 Å². The van der Waals surface area contributed by atoms with E-state index in [9.17, 15) is 0 Å². The highest BCUT2D eigenvalue weighted by molar-refractivity contribution is 7.99. The van der Waals surface area contributed by atoms with E-state index < -0.39 is 0 Å². The van der Waals surface area contributed by atoms with Gasteiger partial charge in [-0.05, 0) is 57.4 Å². The summed E-state index contributed by atoms with van der Waals surface area (Å²) in [6.45, 7) is 4.86. The molecule has 0 radical (unpaired) electrons. The van der Waals surface area contributed by atoms with Crippen molar-refractivity contribution in [1.29, 1.82) is 0 Å². The molecular weight excluding hydrogens is 240 g/mol. The van der Waals surface area contributed by atoms with Crippen LogP contribution in [-0.4, -0.2) is 48.6 Å². The molecule has 0 amide bonds. The third-order valence-electron chi connectivity index (χ3n) is 4.85. The molecule has 1 unspecified atom stereocenters. The molecule has 1 aliphatic heterocycles. The molecular formula is C15H30N2S. The van der Waals surface area contributed by atoms with Gasteiger partial charge in [0.1, 0.15) is 0 Å². The molecule has 0 bridgehead atoms. The molecule has 1 aliphatic carbocycles. The standard InChI is InChI=1S/C15H30N2S/c1-15(2)9-14(10-18-11-15)17(4)13-7-5-12(16-3)6-8-13/h12-14,16H,5-11H2,1-4H3. The first-order chi connectivity index (χ1) is 8.52. The van der Waals surface area contributed by atoms with E-state index in [1.54, 1.807) is 0 Å². The van der Waals surface area contributed by atoms with E-state index in [1.807, 2.05) is 0 Å². The van der Waals surface area contributed by atoms with E-state index in [0.717, 1.165) is 18.1 Å². The minimum absolute atomic E-state index is 0.532. The Morgan fingerprint density at radius 1 is 1.11 bits per heavy atom. The average Bonchev–Trinajstić information content (AvgIpc) is 2.37. The van der Waals surface area contributed by atoms with E-state index in [0.29, 0.717) is 5.41 Å². The lowest BCUT2D eigenvalue weighted by Gasteiger charge is -2.44. The maximum Gasteiger partial charge on any atom is 0.0191 e. The smallest absolute Gasteiger partial charge is 0.0191 e. The molecule has 2 aliphatic rings. The van der Waals surface area contributed by atoms with Crippen LogP contribution in [0.4, 0.5) is 0 Å². The quantitative estimate of drug-likeness (QED) is 0.849. The van der Waals surface area contributed by atoms with E-state index in [1.165, 1.54) is 43.6 Å². The summed E-state index contributed by atoms with van der Waals surface area (Å²) in [6.07, 6.45) is 6.85. The van der Waals surface area contributed by atoms with Crippen LogP contribution in [0.1, 0.15) is 46.0 Å². The van der Waals surface area contributed by atoms with Crippen LogP contribution in [0.15, 0.2) is 0 Å². The first kappa shape index (κ1) is 14.7. The van der Waals surface area contributed by atoms with Crippen LogP contribution in [0.5, 0.6) is 0 Å². The van der Waals surface area contributed by atoms with Crippen LogP contribution in [0.2, 0.25) is 0 Å². The monoisotopic (exact) mass is 270 g/mol. The topological polar surface area (TPSA) is 15.3 Å². The van der Waals surface area contributed by atoms with Crippen LogP contribution in [-0.2, 0) is 0 Å². The average molecular weight is 270 g/mol. The van der Waals surface area contributed by atoms with Gasteiger partial charge in [0.25, 0.3) is 0 Å². The van der Waals surface area contributed by atoms with Crippen molar-refractivity contribution in [3.05, 3.63) is 0 Å². The maximum atomic E-state index is 3.43. The fourth-order valence-corrected chi connectivity index (χ4v) is 4.97. The second-order valence-corrected chi connectivity index (χ2v) is 8.03.